The summed E-state index contributed by atoms with van der Waals surface area (Å²) in [5.41, 5.74) is 0.452. The highest BCUT2D eigenvalue weighted by molar-refractivity contribution is 9.10. The number of pyridine rings is 1. The summed E-state index contributed by atoms with van der Waals surface area (Å²) in [7, 11) is 0. The monoisotopic (exact) mass is 292 g/mol. The molecule has 17 heavy (non-hydrogen) atoms. The summed E-state index contributed by atoms with van der Waals surface area (Å²) in [4.78, 5) is 3.96. The lowest BCUT2D eigenvalue weighted by molar-refractivity contribution is 0.458. The van der Waals surface area contributed by atoms with Gasteiger partial charge >= 0.3 is 0 Å². The summed E-state index contributed by atoms with van der Waals surface area (Å²) in [6.45, 7) is 0. The van der Waals surface area contributed by atoms with Gasteiger partial charge in [0.2, 0.25) is 5.88 Å². The highest BCUT2D eigenvalue weighted by atomic mass is 79.9. The Morgan fingerprint density at radius 2 is 2.12 bits per heavy atom. The van der Waals surface area contributed by atoms with E-state index in [1.165, 1.54) is 30.5 Å². The third-order valence-electron chi connectivity index (χ3n) is 1.97. The first-order chi connectivity index (χ1) is 8.19. The van der Waals surface area contributed by atoms with Gasteiger partial charge in [0.05, 0.1) is 16.1 Å². The van der Waals surface area contributed by atoms with Crippen LogP contribution in [0, 0.1) is 17.1 Å². The maximum atomic E-state index is 12.9. The zero-order valence-electron chi connectivity index (χ0n) is 8.52. The average molecular weight is 293 g/mol. The molecule has 84 valence electrons. The van der Waals surface area contributed by atoms with Crippen LogP contribution < -0.4 is 4.74 Å². The third kappa shape index (κ3) is 2.80. The van der Waals surface area contributed by atoms with Gasteiger partial charge in [0.1, 0.15) is 11.6 Å². The van der Waals surface area contributed by atoms with Crippen molar-refractivity contribution in [2.75, 3.05) is 0 Å². The minimum Gasteiger partial charge on any atom is -0.438 e. The topological polar surface area (TPSA) is 45.9 Å². The maximum Gasteiger partial charge on any atom is 0.220 e. The molecule has 0 saturated carbocycles. The van der Waals surface area contributed by atoms with E-state index in [-0.39, 0.29) is 11.7 Å². The van der Waals surface area contributed by atoms with Gasteiger partial charge in [-0.05, 0) is 40.2 Å². The van der Waals surface area contributed by atoms with E-state index in [1.54, 1.807) is 6.07 Å². The van der Waals surface area contributed by atoms with Crippen molar-refractivity contribution >= 4 is 15.9 Å². The summed E-state index contributed by atoms with van der Waals surface area (Å²) in [6, 6.07) is 9.14. The molecule has 0 unspecified atom stereocenters. The first-order valence-corrected chi connectivity index (χ1v) is 5.47. The van der Waals surface area contributed by atoms with Crippen LogP contribution in [0.4, 0.5) is 4.39 Å². The Labute approximate surface area is 106 Å². The first-order valence-electron chi connectivity index (χ1n) is 4.68. The number of hydrogen-bond acceptors (Lipinski definition) is 3. The van der Waals surface area contributed by atoms with Crippen molar-refractivity contribution in [1.29, 1.82) is 5.26 Å². The first kappa shape index (κ1) is 11.6. The fraction of sp³-hybridized carbons (Fsp3) is 0. The Morgan fingerprint density at radius 3 is 2.82 bits per heavy atom. The summed E-state index contributed by atoms with van der Waals surface area (Å²) in [5, 5.41) is 8.73. The number of nitrogens with zero attached hydrogens (tertiary/aromatic N) is 2. The van der Waals surface area contributed by atoms with Crippen molar-refractivity contribution in [3.8, 4) is 17.7 Å². The number of nitriles is 1. The number of hydrogen-bond donors (Lipinski definition) is 0. The lowest BCUT2D eigenvalue weighted by atomic mass is 10.3. The van der Waals surface area contributed by atoms with E-state index in [0.717, 1.165) is 0 Å². The molecule has 0 saturated heterocycles. The molecule has 2 rings (SSSR count). The molecule has 0 N–H and O–H groups in total. The predicted molar refractivity (Wildman–Crippen MR) is 63.1 cm³/mol. The van der Waals surface area contributed by atoms with Gasteiger partial charge in [-0.15, -0.1) is 0 Å². The number of aromatic nitrogens is 1. The van der Waals surface area contributed by atoms with Crippen molar-refractivity contribution in [3.63, 3.8) is 0 Å². The molecule has 3 nitrogen and oxygen atoms in total. The molecule has 1 aromatic carbocycles. The molecule has 0 fully saturated rings. The van der Waals surface area contributed by atoms with Crippen molar-refractivity contribution in [3.05, 3.63) is 52.4 Å². The van der Waals surface area contributed by atoms with Crippen molar-refractivity contribution in [1.82, 2.24) is 4.98 Å². The molecular weight excluding hydrogens is 287 g/mol. The molecule has 0 amide bonds. The summed E-state index contributed by atoms with van der Waals surface area (Å²) in [5.74, 6) is 0.369. The lowest BCUT2D eigenvalue weighted by Gasteiger charge is -2.06. The minimum absolute atomic E-state index is 0.288. The van der Waals surface area contributed by atoms with Gasteiger partial charge in [-0.3, -0.25) is 0 Å². The molecule has 1 aromatic heterocycles. The highest BCUT2D eigenvalue weighted by Crippen LogP contribution is 2.29. The van der Waals surface area contributed by atoms with E-state index in [0.29, 0.717) is 15.8 Å². The van der Waals surface area contributed by atoms with E-state index in [4.69, 9.17) is 10.00 Å². The highest BCUT2D eigenvalue weighted by Gasteiger charge is 2.05. The molecule has 5 heteroatoms. The molecule has 0 bridgehead atoms. The number of rotatable bonds is 2. The van der Waals surface area contributed by atoms with Gasteiger partial charge in [-0.1, -0.05) is 0 Å². The van der Waals surface area contributed by atoms with Gasteiger partial charge < -0.3 is 4.74 Å². The van der Waals surface area contributed by atoms with Gasteiger partial charge in [0.25, 0.3) is 0 Å². The fourth-order valence-corrected chi connectivity index (χ4v) is 1.64. The van der Waals surface area contributed by atoms with E-state index in [1.807, 2.05) is 6.07 Å². The van der Waals surface area contributed by atoms with Crippen LogP contribution in [0.25, 0.3) is 0 Å². The largest absolute Gasteiger partial charge is 0.438 e. The number of benzene rings is 1. The van der Waals surface area contributed by atoms with Crippen LogP contribution >= 0.6 is 15.9 Å². The van der Waals surface area contributed by atoms with Crippen molar-refractivity contribution in [2.45, 2.75) is 0 Å². The van der Waals surface area contributed by atoms with E-state index >= 15 is 0 Å². The number of halogens is 2. The minimum atomic E-state index is -0.358. The Balaban J connectivity index is 2.28. The Morgan fingerprint density at radius 1 is 1.29 bits per heavy atom. The summed E-state index contributed by atoms with van der Waals surface area (Å²) >= 11 is 3.18. The molecular formula is C12H6BrFN2O. The second kappa shape index (κ2) is 4.93. The molecule has 0 spiro atoms. The fourth-order valence-electron chi connectivity index (χ4n) is 1.21. The third-order valence-corrected chi connectivity index (χ3v) is 2.59. The quantitative estimate of drug-likeness (QED) is 0.849. The Bertz CT molecular complexity index is 595. The van der Waals surface area contributed by atoms with E-state index in [2.05, 4.69) is 20.9 Å². The standard InChI is InChI=1S/C12H6BrFN2O/c13-10-6-9(14)1-2-11(10)17-12-5-8(7-15)3-4-16-12/h1-6H. The molecule has 0 atom stereocenters. The second-order valence-electron chi connectivity index (χ2n) is 3.17. The molecule has 2 aromatic rings. The van der Waals surface area contributed by atoms with Crippen LogP contribution in [-0.4, -0.2) is 4.98 Å². The van der Waals surface area contributed by atoms with Crippen LogP contribution in [-0.2, 0) is 0 Å². The molecule has 0 aliphatic heterocycles. The van der Waals surface area contributed by atoms with Crippen LogP contribution in [0.5, 0.6) is 11.6 Å². The average Bonchev–Trinajstić information content (AvgIpc) is 2.33. The van der Waals surface area contributed by atoms with Gasteiger partial charge in [-0.25, -0.2) is 9.37 Å². The smallest absolute Gasteiger partial charge is 0.220 e. The summed E-state index contributed by atoms with van der Waals surface area (Å²) < 4.78 is 18.8. The number of ether oxygens (including phenoxy) is 1. The SMILES string of the molecule is N#Cc1ccnc(Oc2ccc(F)cc2Br)c1. The van der Waals surface area contributed by atoms with Crippen LogP contribution in [0.1, 0.15) is 5.56 Å². The normalized spacial score (nSPS) is 9.71. The Hall–Kier alpha value is -1.93. The van der Waals surface area contributed by atoms with Crippen molar-refractivity contribution in [2.24, 2.45) is 0 Å². The second-order valence-corrected chi connectivity index (χ2v) is 4.03. The predicted octanol–water partition coefficient (Wildman–Crippen LogP) is 3.65. The van der Waals surface area contributed by atoms with Crippen molar-refractivity contribution < 1.29 is 9.13 Å². The van der Waals surface area contributed by atoms with Crippen LogP contribution in [0.3, 0.4) is 0 Å². The van der Waals surface area contributed by atoms with Crippen LogP contribution in [0.2, 0.25) is 0 Å². The maximum absolute atomic E-state index is 12.9. The van der Waals surface area contributed by atoms with Gasteiger partial charge in [0, 0.05) is 12.3 Å². The Kier molecular flexibility index (Phi) is 3.35. The zero-order valence-corrected chi connectivity index (χ0v) is 10.1. The molecule has 0 aliphatic rings. The lowest BCUT2D eigenvalue weighted by Crippen LogP contribution is -1.90. The van der Waals surface area contributed by atoms with Gasteiger partial charge in [-0.2, -0.15) is 5.26 Å². The molecule has 1 heterocycles. The van der Waals surface area contributed by atoms with Crippen LogP contribution in [0.15, 0.2) is 41.0 Å². The summed E-state index contributed by atoms with van der Waals surface area (Å²) in [6.07, 6.45) is 1.48. The molecule has 0 radical (unpaired) electrons. The van der Waals surface area contributed by atoms with Gasteiger partial charge in [0.15, 0.2) is 0 Å². The van der Waals surface area contributed by atoms with E-state index in [9.17, 15) is 4.39 Å². The van der Waals surface area contributed by atoms with E-state index < -0.39 is 0 Å². The molecule has 0 aliphatic carbocycles. The zero-order chi connectivity index (χ0) is 12.3.